The summed E-state index contributed by atoms with van der Waals surface area (Å²) in [6.45, 7) is 6.55. The zero-order valence-corrected chi connectivity index (χ0v) is 19.0. The monoisotopic (exact) mass is 448 g/mol. The maximum atomic E-state index is 15.5. The van der Waals surface area contributed by atoms with Crippen molar-refractivity contribution in [3.05, 3.63) is 65.0 Å². The molecule has 1 aliphatic heterocycles. The highest BCUT2D eigenvalue weighted by atomic mass is 19.1. The van der Waals surface area contributed by atoms with Gasteiger partial charge in [-0.25, -0.2) is 9.37 Å². The minimum absolute atomic E-state index is 0.00940. The van der Waals surface area contributed by atoms with Gasteiger partial charge in [0.1, 0.15) is 17.1 Å². The third-order valence-electron chi connectivity index (χ3n) is 6.65. The molecule has 3 heterocycles. The molecule has 1 atom stereocenters. The highest BCUT2D eigenvalue weighted by molar-refractivity contribution is 5.99. The average Bonchev–Trinajstić information content (AvgIpc) is 3.54. The minimum atomic E-state index is -0.734. The van der Waals surface area contributed by atoms with Gasteiger partial charge in [0.05, 0.1) is 36.1 Å². The highest BCUT2D eigenvalue weighted by Crippen LogP contribution is 2.40. The lowest BCUT2D eigenvalue weighted by molar-refractivity contribution is 0.0600. The van der Waals surface area contributed by atoms with Crippen molar-refractivity contribution in [2.45, 2.75) is 39.2 Å². The zero-order valence-electron chi connectivity index (χ0n) is 19.0. The standard InChI is InChI=1S/C24H25FN6O2/c1-14-12-16-17(13-15(14)2)29-23(28-16)24(3)8-5-11-30(24)22(32)20-18(31-26-9-10-27-31)6-7-19(33-4)21(20)25/h6-7,9-10,12-13H,5,8,11H2,1-4H3,(H,28,29). The molecule has 0 spiro atoms. The van der Waals surface area contributed by atoms with Crippen molar-refractivity contribution >= 4 is 16.9 Å². The number of amides is 1. The van der Waals surface area contributed by atoms with E-state index in [1.165, 1.54) is 30.4 Å². The molecule has 8 nitrogen and oxygen atoms in total. The van der Waals surface area contributed by atoms with Crippen LogP contribution in [0, 0.1) is 19.7 Å². The molecule has 1 saturated heterocycles. The summed E-state index contributed by atoms with van der Waals surface area (Å²) in [5, 5.41) is 8.20. The van der Waals surface area contributed by atoms with Crippen molar-refractivity contribution in [3.8, 4) is 11.4 Å². The molecule has 9 heteroatoms. The van der Waals surface area contributed by atoms with Crippen LogP contribution in [0.2, 0.25) is 0 Å². The molecule has 1 amide bonds. The predicted octanol–water partition coefficient (Wildman–Crippen LogP) is 4.06. The molecule has 1 N–H and O–H groups in total. The van der Waals surface area contributed by atoms with Gasteiger partial charge in [-0.3, -0.25) is 4.79 Å². The number of hydrogen-bond donors (Lipinski definition) is 1. The van der Waals surface area contributed by atoms with Gasteiger partial charge in [-0.15, -0.1) is 0 Å². The summed E-state index contributed by atoms with van der Waals surface area (Å²) in [6, 6.07) is 7.17. The molecule has 2 aromatic heterocycles. The number of nitrogens with one attached hydrogen (secondary N) is 1. The summed E-state index contributed by atoms with van der Waals surface area (Å²) in [6.07, 6.45) is 4.44. The molecule has 4 aromatic rings. The summed E-state index contributed by atoms with van der Waals surface area (Å²) in [5.74, 6) is -0.505. The fourth-order valence-electron chi connectivity index (χ4n) is 4.61. The lowest BCUT2D eigenvalue weighted by Crippen LogP contribution is -2.44. The molecule has 0 radical (unpaired) electrons. The Morgan fingerprint density at radius 2 is 1.91 bits per heavy atom. The first kappa shape index (κ1) is 21.1. The van der Waals surface area contributed by atoms with Gasteiger partial charge in [0.2, 0.25) is 0 Å². The lowest BCUT2D eigenvalue weighted by atomic mass is 9.96. The zero-order chi connectivity index (χ0) is 23.3. The number of hydrogen-bond acceptors (Lipinski definition) is 5. The maximum absolute atomic E-state index is 15.5. The van der Waals surface area contributed by atoms with E-state index in [1.807, 2.05) is 19.9 Å². The molecule has 1 aliphatic rings. The third-order valence-corrected chi connectivity index (χ3v) is 6.65. The SMILES string of the molecule is COc1ccc(-n2nccn2)c(C(=O)N2CCCC2(C)c2nc3cc(C)c(C)cc3[nH]2)c1F. The van der Waals surface area contributed by atoms with Gasteiger partial charge in [0.15, 0.2) is 11.6 Å². The van der Waals surface area contributed by atoms with E-state index >= 15 is 4.39 Å². The molecule has 33 heavy (non-hydrogen) atoms. The second-order valence-electron chi connectivity index (χ2n) is 8.67. The number of aryl methyl sites for hydroxylation is 2. The highest BCUT2D eigenvalue weighted by Gasteiger charge is 2.45. The van der Waals surface area contributed by atoms with Crippen molar-refractivity contribution < 1.29 is 13.9 Å². The number of nitrogens with zero attached hydrogens (tertiary/aromatic N) is 5. The summed E-state index contributed by atoms with van der Waals surface area (Å²) >= 11 is 0. The second kappa shape index (κ2) is 7.68. The first-order chi connectivity index (χ1) is 15.8. The summed E-state index contributed by atoms with van der Waals surface area (Å²) in [5.41, 5.74) is 3.50. The van der Waals surface area contributed by atoms with Crippen LogP contribution in [0.25, 0.3) is 16.7 Å². The Bertz CT molecular complexity index is 1320. The van der Waals surface area contributed by atoms with Crippen LogP contribution in [0.15, 0.2) is 36.7 Å². The van der Waals surface area contributed by atoms with Crippen molar-refractivity contribution in [2.75, 3.05) is 13.7 Å². The molecule has 1 unspecified atom stereocenters. The quantitative estimate of drug-likeness (QED) is 0.509. The van der Waals surface area contributed by atoms with E-state index in [4.69, 9.17) is 9.72 Å². The lowest BCUT2D eigenvalue weighted by Gasteiger charge is -2.34. The third kappa shape index (κ3) is 3.26. The van der Waals surface area contributed by atoms with Crippen LogP contribution >= 0.6 is 0 Å². The van der Waals surface area contributed by atoms with Crippen molar-refractivity contribution in [3.63, 3.8) is 0 Å². The van der Waals surface area contributed by atoms with Crippen LogP contribution in [0.3, 0.4) is 0 Å². The summed E-state index contributed by atoms with van der Waals surface area (Å²) in [4.78, 5) is 25.1. The topological polar surface area (TPSA) is 88.9 Å². The van der Waals surface area contributed by atoms with Crippen molar-refractivity contribution in [2.24, 2.45) is 0 Å². The van der Waals surface area contributed by atoms with E-state index in [-0.39, 0.29) is 17.0 Å². The normalized spacial score (nSPS) is 18.3. The van der Waals surface area contributed by atoms with Crippen LogP contribution < -0.4 is 4.74 Å². The number of benzene rings is 2. The molecule has 0 saturated carbocycles. The Morgan fingerprint density at radius 1 is 1.18 bits per heavy atom. The average molecular weight is 449 g/mol. The smallest absolute Gasteiger partial charge is 0.260 e. The van der Waals surface area contributed by atoms with Crippen LogP contribution in [-0.2, 0) is 5.54 Å². The number of carbonyl (C=O) groups is 1. The number of fused-ring (bicyclic) bond motifs is 1. The largest absolute Gasteiger partial charge is 0.494 e. The molecule has 0 bridgehead atoms. The minimum Gasteiger partial charge on any atom is -0.494 e. The van der Waals surface area contributed by atoms with E-state index in [1.54, 1.807) is 11.0 Å². The molecular weight excluding hydrogens is 423 g/mol. The molecule has 170 valence electrons. The van der Waals surface area contributed by atoms with E-state index in [0.29, 0.717) is 18.8 Å². The molecule has 5 rings (SSSR count). The van der Waals surface area contributed by atoms with Crippen molar-refractivity contribution in [1.82, 2.24) is 29.9 Å². The number of aromatic nitrogens is 5. The second-order valence-corrected chi connectivity index (χ2v) is 8.67. The van der Waals surface area contributed by atoms with Crippen LogP contribution in [0.1, 0.15) is 47.1 Å². The summed E-state index contributed by atoms with van der Waals surface area (Å²) in [7, 11) is 1.37. The van der Waals surface area contributed by atoms with Crippen molar-refractivity contribution in [1.29, 1.82) is 0 Å². The van der Waals surface area contributed by atoms with E-state index in [9.17, 15) is 4.79 Å². The van der Waals surface area contributed by atoms with Gasteiger partial charge in [-0.2, -0.15) is 15.0 Å². The van der Waals surface area contributed by atoms with E-state index in [0.717, 1.165) is 28.6 Å². The Kier molecular flexibility index (Phi) is 4.92. The Balaban J connectivity index is 1.62. The number of halogens is 1. The van der Waals surface area contributed by atoms with Gasteiger partial charge in [-0.05, 0) is 69.0 Å². The number of likely N-dealkylation sites (tertiary alicyclic amines) is 1. The van der Waals surface area contributed by atoms with Gasteiger partial charge < -0.3 is 14.6 Å². The Labute approximate surface area is 190 Å². The first-order valence-electron chi connectivity index (χ1n) is 10.9. The Morgan fingerprint density at radius 3 is 2.64 bits per heavy atom. The van der Waals surface area contributed by atoms with Crippen LogP contribution in [-0.4, -0.2) is 49.4 Å². The maximum Gasteiger partial charge on any atom is 0.260 e. The molecule has 0 aliphatic carbocycles. The fourth-order valence-corrected chi connectivity index (χ4v) is 4.61. The Hall–Kier alpha value is -3.75. The van der Waals surface area contributed by atoms with Gasteiger partial charge >= 0.3 is 0 Å². The van der Waals surface area contributed by atoms with Crippen LogP contribution in [0.4, 0.5) is 4.39 Å². The van der Waals surface area contributed by atoms with E-state index < -0.39 is 17.3 Å². The number of H-pyrrole nitrogens is 1. The molecule has 1 fully saturated rings. The number of ether oxygens (including phenoxy) is 1. The predicted molar refractivity (Wildman–Crippen MR) is 121 cm³/mol. The molecule has 2 aromatic carbocycles. The van der Waals surface area contributed by atoms with Gasteiger partial charge in [0, 0.05) is 6.54 Å². The van der Waals surface area contributed by atoms with Crippen LogP contribution in [0.5, 0.6) is 5.75 Å². The molecular formula is C24H25FN6O2. The van der Waals surface area contributed by atoms with Gasteiger partial charge in [-0.1, -0.05) is 0 Å². The number of methoxy groups -OCH3 is 1. The number of imidazole rings is 1. The number of carbonyl (C=O) groups excluding carboxylic acids is 1. The fraction of sp³-hybridized carbons (Fsp3) is 0.333. The number of aromatic amines is 1. The van der Waals surface area contributed by atoms with E-state index in [2.05, 4.69) is 28.2 Å². The number of rotatable bonds is 4. The first-order valence-corrected chi connectivity index (χ1v) is 10.9. The van der Waals surface area contributed by atoms with Gasteiger partial charge in [0.25, 0.3) is 5.91 Å². The summed E-state index contributed by atoms with van der Waals surface area (Å²) < 4.78 is 20.6.